The standard InChI is InChI=1S/C18H32N4O9/c1-8(2)6-11(18(30)31)21-16(28)12(7-23)22-15(27)10(4-5-13(25)26)20-17(29)14(19)9(3)24/h8-12,14,23-24H,4-7,19H2,1-3H3,(H,20,29)(H,21,28)(H,22,27)(H,25,26)(H,30,31). The molecule has 13 heteroatoms. The van der Waals surface area contributed by atoms with Crippen LogP contribution < -0.4 is 21.7 Å². The third-order valence-corrected chi connectivity index (χ3v) is 4.24. The maximum Gasteiger partial charge on any atom is 0.326 e. The molecule has 0 fully saturated rings. The highest BCUT2D eigenvalue weighted by Gasteiger charge is 2.31. The third-order valence-electron chi connectivity index (χ3n) is 4.24. The monoisotopic (exact) mass is 448 g/mol. The predicted molar refractivity (Wildman–Crippen MR) is 106 cm³/mol. The predicted octanol–water partition coefficient (Wildman–Crippen LogP) is -2.86. The summed E-state index contributed by atoms with van der Waals surface area (Å²) in [6.45, 7) is 3.87. The normalized spacial score (nSPS) is 15.8. The van der Waals surface area contributed by atoms with E-state index in [1.54, 1.807) is 13.8 Å². The van der Waals surface area contributed by atoms with E-state index in [2.05, 4.69) is 16.0 Å². The van der Waals surface area contributed by atoms with Crippen LogP contribution in [0.2, 0.25) is 0 Å². The van der Waals surface area contributed by atoms with Crippen molar-refractivity contribution in [3.05, 3.63) is 0 Å². The summed E-state index contributed by atoms with van der Waals surface area (Å²) in [6.07, 6.45) is -1.99. The van der Waals surface area contributed by atoms with E-state index in [0.717, 1.165) is 0 Å². The minimum absolute atomic E-state index is 0.0581. The van der Waals surface area contributed by atoms with E-state index in [1.807, 2.05) is 0 Å². The Morgan fingerprint density at radius 1 is 0.839 bits per heavy atom. The summed E-state index contributed by atoms with van der Waals surface area (Å²) in [5.74, 6) is -5.47. The third kappa shape index (κ3) is 10.7. The molecule has 31 heavy (non-hydrogen) atoms. The topological polar surface area (TPSA) is 228 Å². The van der Waals surface area contributed by atoms with Crippen LogP contribution in [0.4, 0.5) is 0 Å². The molecule has 0 aliphatic rings. The van der Waals surface area contributed by atoms with E-state index in [-0.39, 0.29) is 18.8 Å². The number of hydrogen-bond acceptors (Lipinski definition) is 8. The lowest BCUT2D eigenvalue weighted by molar-refractivity contribution is -0.143. The van der Waals surface area contributed by atoms with Crippen LogP contribution >= 0.6 is 0 Å². The van der Waals surface area contributed by atoms with Crippen molar-refractivity contribution in [3.63, 3.8) is 0 Å². The molecule has 3 amide bonds. The molecule has 0 heterocycles. The Balaban J connectivity index is 5.30. The van der Waals surface area contributed by atoms with Gasteiger partial charge < -0.3 is 42.1 Å². The minimum atomic E-state index is -1.55. The van der Waals surface area contributed by atoms with Gasteiger partial charge in [0, 0.05) is 6.42 Å². The fraction of sp³-hybridized carbons (Fsp3) is 0.722. The highest BCUT2D eigenvalue weighted by molar-refractivity contribution is 5.94. The van der Waals surface area contributed by atoms with Gasteiger partial charge in [0.1, 0.15) is 24.2 Å². The van der Waals surface area contributed by atoms with Crippen molar-refractivity contribution in [2.75, 3.05) is 6.61 Å². The second-order valence-corrected chi connectivity index (χ2v) is 7.53. The number of nitrogens with two attached hydrogens (primary N) is 1. The summed E-state index contributed by atoms with van der Waals surface area (Å²) < 4.78 is 0. The zero-order valence-electron chi connectivity index (χ0n) is 17.7. The number of rotatable bonds is 14. The molecule has 0 bridgehead atoms. The zero-order chi connectivity index (χ0) is 24.3. The maximum absolute atomic E-state index is 12.5. The van der Waals surface area contributed by atoms with Gasteiger partial charge in [-0.3, -0.25) is 19.2 Å². The molecule has 0 rings (SSSR count). The lowest BCUT2D eigenvalue weighted by Crippen LogP contribution is -2.59. The second-order valence-electron chi connectivity index (χ2n) is 7.53. The van der Waals surface area contributed by atoms with Crippen LogP contribution in [0, 0.1) is 5.92 Å². The van der Waals surface area contributed by atoms with Gasteiger partial charge in [-0.05, 0) is 25.7 Å². The molecule has 5 atom stereocenters. The van der Waals surface area contributed by atoms with Gasteiger partial charge in [-0.25, -0.2) is 4.79 Å². The Labute approximate surface area is 179 Å². The zero-order valence-corrected chi connectivity index (χ0v) is 17.7. The number of aliphatic hydroxyl groups is 2. The van der Waals surface area contributed by atoms with Gasteiger partial charge in [0.15, 0.2) is 0 Å². The van der Waals surface area contributed by atoms with Crippen molar-refractivity contribution in [1.29, 1.82) is 0 Å². The van der Waals surface area contributed by atoms with Gasteiger partial charge in [0.25, 0.3) is 0 Å². The summed E-state index contributed by atoms with van der Waals surface area (Å²) in [5.41, 5.74) is 5.49. The fourth-order valence-corrected chi connectivity index (χ4v) is 2.46. The number of carboxylic acid groups (broad SMARTS) is 2. The molecule has 9 N–H and O–H groups in total. The number of hydrogen-bond donors (Lipinski definition) is 8. The highest BCUT2D eigenvalue weighted by atomic mass is 16.4. The van der Waals surface area contributed by atoms with Crippen molar-refractivity contribution in [2.45, 2.75) is 70.3 Å². The summed E-state index contributed by atoms with van der Waals surface area (Å²) in [4.78, 5) is 59.0. The summed E-state index contributed by atoms with van der Waals surface area (Å²) >= 11 is 0. The average Bonchev–Trinajstić information content (AvgIpc) is 2.66. The van der Waals surface area contributed by atoms with Gasteiger partial charge in [-0.1, -0.05) is 13.8 Å². The Morgan fingerprint density at radius 2 is 1.32 bits per heavy atom. The molecule has 0 aromatic rings. The van der Waals surface area contributed by atoms with E-state index in [4.69, 9.17) is 10.8 Å². The average molecular weight is 448 g/mol. The summed E-state index contributed by atoms with van der Waals surface area (Å²) in [7, 11) is 0. The molecule has 0 spiro atoms. The largest absolute Gasteiger partial charge is 0.481 e. The Hall–Kier alpha value is -2.77. The first-order valence-corrected chi connectivity index (χ1v) is 9.70. The second kappa shape index (κ2) is 13.5. The van der Waals surface area contributed by atoms with E-state index < -0.39 is 73.0 Å². The molecule has 0 radical (unpaired) electrons. The van der Waals surface area contributed by atoms with Crippen LogP contribution in [0.1, 0.15) is 40.0 Å². The smallest absolute Gasteiger partial charge is 0.326 e. The number of carbonyl (C=O) groups is 5. The molecule has 13 nitrogen and oxygen atoms in total. The minimum Gasteiger partial charge on any atom is -0.481 e. The van der Waals surface area contributed by atoms with Gasteiger partial charge in [-0.2, -0.15) is 0 Å². The first kappa shape index (κ1) is 28.2. The quantitative estimate of drug-likeness (QED) is 0.135. The highest BCUT2D eigenvalue weighted by Crippen LogP contribution is 2.06. The SMILES string of the molecule is CC(C)CC(NC(=O)C(CO)NC(=O)C(CCC(=O)O)NC(=O)C(N)C(C)O)C(=O)O. The van der Waals surface area contributed by atoms with E-state index in [0.29, 0.717) is 0 Å². The van der Waals surface area contributed by atoms with Crippen LogP contribution in [0.15, 0.2) is 0 Å². The Bertz CT molecular complexity index is 654. The number of amides is 3. The first-order valence-electron chi connectivity index (χ1n) is 9.70. The molecule has 5 unspecified atom stereocenters. The summed E-state index contributed by atoms with van der Waals surface area (Å²) in [5, 5.41) is 43.5. The summed E-state index contributed by atoms with van der Waals surface area (Å²) in [6, 6.07) is -5.60. The molecule has 0 aliphatic heterocycles. The van der Waals surface area contributed by atoms with Crippen molar-refractivity contribution in [2.24, 2.45) is 11.7 Å². The lowest BCUT2D eigenvalue weighted by atomic mass is 10.0. The number of aliphatic hydroxyl groups excluding tert-OH is 2. The Kier molecular flexibility index (Phi) is 12.3. The number of carboxylic acids is 2. The number of aliphatic carboxylic acids is 2. The van der Waals surface area contributed by atoms with Crippen LogP contribution in [0.5, 0.6) is 0 Å². The lowest BCUT2D eigenvalue weighted by Gasteiger charge is -2.25. The molecule has 0 saturated heterocycles. The van der Waals surface area contributed by atoms with Crippen LogP contribution in [0.25, 0.3) is 0 Å². The van der Waals surface area contributed by atoms with Gasteiger partial charge in [0.2, 0.25) is 17.7 Å². The van der Waals surface area contributed by atoms with Crippen molar-refractivity contribution < 1.29 is 44.4 Å². The van der Waals surface area contributed by atoms with Crippen molar-refractivity contribution in [1.82, 2.24) is 16.0 Å². The molecule has 0 aliphatic carbocycles. The van der Waals surface area contributed by atoms with E-state index >= 15 is 0 Å². The molecular weight excluding hydrogens is 416 g/mol. The number of nitrogens with one attached hydrogen (secondary N) is 3. The van der Waals surface area contributed by atoms with Crippen LogP contribution in [-0.4, -0.2) is 87.0 Å². The van der Waals surface area contributed by atoms with Crippen molar-refractivity contribution in [3.8, 4) is 0 Å². The molecule has 178 valence electrons. The van der Waals surface area contributed by atoms with E-state index in [9.17, 15) is 39.3 Å². The molecule has 0 saturated carbocycles. The Morgan fingerprint density at radius 3 is 1.74 bits per heavy atom. The molecule has 0 aromatic heterocycles. The molecule has 0 aromatic carbocycles. The van der Waals surface area contributed by atoms with Gasteiger partial charge in [-0.15, -0.1) is 0 Å². The molecular formula is C18H32N4O9. The van der Waals surface area contributed by atoms with Gasteiger partial charge in [0.05, 0.1) is 12.7 Å². The maximum atomic E-state index is 12.5. The van der Waals surface area contributed by atoms with Crippen LogP contribution in [-0.2, 0) is 24.0 Å². The first-order chi connectivity index (χ1) is 14.3. The number of carbonyl (C=O) groups excluding carboxylic acids is 3. The van der Waals surface area contributed by atoms with E-state index in [1.165, 1.54) is 6.92 Å². The van der Waals surface area contributed by atoms with Gasteiger partial charge >= 0.3 is 11.9 Å². The van der Waals surface area contributed by atoms with Crippen molar-refractivity contribution >= 4 is 29.7 Å². The van der Waals surface area contributed by atoms with Crippen LogP contribution in [0.3, 0.4) is 0 Å². The fourth-order valence-electron chi connectivity index (χ4n) is 2.46.